The van der Waals surface area contributed by atoms with E-state index in [0.717, 1.165) is 5.56 Å². The number of morpholine rings is 1. The Morgan fingerprint density at radius 2 is 1.68 bits per heavy atom. The molecule has 0 aliphatic carbocycles. The van der Waals surface area contributed by atoms with Gasteiger partial charge in [0, 0.05) is 57.4 Å². The maximum atomic E-state index is 13.0. The smallest absolute Gasteiger partial charge is 0.293 e. The van der Waals surface area contributed by atoms with Gasteiger partial charge in [0.05, 0.1) is 24.7 Å². The zero-order chi connectivity index (χ0) is 23.9. The molecule has 180 valence electrons. The number of ether oxygens (including phenoxy) is 1. The fourth-order valence-electron chi connectivity index (χ4n) is 4.22. The number of carbonyl (C=O) groups excluding carboxylic acids is 2. The standard InChI is InChI=1S/C24H29N5O5/c30-23(25-17-19-4-2-1-3-5-19)18-26-8-10-28(11-9-26)24(31)20-6-7-21(22(16-20)29(32)33)27-12-14-34-15-13-27/h1-7,16H,8-15,17-18H2,(H,25,30). The van der Waals surface area contributed by atoms with Gasteiger partial charge in [-0.05, 0) is 17.7 Å². The molecule has 0 unspecified atom stereocenters. The van der Waals surface area contributed by atoms with Crippen molar-refractivity contribution in [3.05, 3.63) is 69.8 Å². The van der Waals surface area contributed by atoms with Gasteiger partial charge in [-0.25, -0.2) is 0 Å². The van der Waals surface area contributed by atoms with Gasteiger partial charge >= 0.3 is 0 Å². The normalized spacial score (nSPS) is 16.8. The Morgan fingerprint density at radius 3 is 2.35 bits per heavy atom. The largest absolute Gasteiger partial charge is 0.378 e. The van der Waals surface area contributed by atoms with Crippen molar-refractivity contribution in [3.63, 3.8) is 0 Å². The zero-order valence-electron chi connectivity index (χ0n) is 19.0. The summed E-state index contributed by atoms with van der Waals surface area (Å²) in [6.07, 6.45) is 0. The minimum Gasteiger partial charge on any atom is -0.378 e. The van der Waals surface area contributed by atoms with Crippen LogP contribution in [0.1, 0.15) is 15.9 Å². The second-order valence-corrected chi connectivity index (χ2v) is 8.39. The number of nitrogens with one attached hydrogen (secondary N) is 1. The Balaban J connectivity index is 1.31. The minimum absolute atomic E-state index is 0.0574. The first-order chi connectivity index (χ1) is 16.5. The average molecular weight is 468 g/mol. The van der Waals surface area contributed by atoms with E-state index in [1.807, 2.05) is 40.1 Å². The van der Waals surface area contributed by atoms with Crippen molar-refractivity contribution < 1.29 is 19.2 Å². The molecule has 2 aliphatic rings. The van der Waals surface area contributed by atoms with Gasteiger partial charge in [0.2, 0.25) is 5.91 Å². The number of anilines is 1. The third-order valence-electron chi connectivity index (χ3n) is 6.13. The summed E-state index contributed by atoms with van der Waals surface area (Å²) >= 11 is 0. The fourth-order valence-corrected chi connectivity index (χ4v) is 4.22. The van der Waals surface area contributed by atoms with Crippen LogP contribution in [0.2, 0.25) is 0 Å². The number of amides is 2. The third-order valence-corrected chi connectivity index (χ3v) is 6.13. The Bertz CT molecular complexity index is 1020. The van der Waals surface area contributed by atoms with Gasteiger partial charge < -0.3 is 19.9 Å². The van der Waals surface area contributed by atoms with Crippen LogP contribution < -0.4 is 10.2 Å². The van der Waals surface area contributed by atoms with Crippen LogP contribution in [0.15, 0.2) is 48.5 Å². The van der Waals surface area contributed by atoms with Crippen molar-refractivity contribution in [2.75, 3.05) is 63.9 Å². The summed E-state index contributed by atoms with van der Waals surface area (Å²) < 4.78 is 5.33. The van der Waals surface area contributed by atoms with Crippen LogP contribution in [0, 0.1) is 10.1 Å². The zero-order valence-corrected chi connectivity index (χ0v) is 19.0. The highest BCUT2D eigenvalue weighted by Gasteiger charge is 2.27. The number of nitrogens with zero attached hydrogens (tertiary/aromatic N) is 4. The molecule has 0 radical (unpaired) electrons. The van der Waals surface area contributed by atoms with E-state index in [9.17, 15) is 19.7 Å². The maximum absolute atomic E-state index is 13.0. The monoisotopic (exact) mass is 467 g/mol. The fraction of sp³-hybridized carbons (Fsp3) is 0.417. The van der Waals surface area contributed by atoms with Crippen LogP contribution in [0.4, 0.5) is 11.4 Å². The lowest BCUT2D eigenvalue weighted by atomic mass is 10.1. The summed E-state index contributed by atoms with van der Waals surface area (Å²) in [6, 6.07) is 14.4. The number of benzene rings is 2. The molecule has 0 atom stereocenters. The molecule has 1 N–H and O–H groups in total. The number of rotatable bonds is 7. The van der Waals surface area contributed by atoms with Gasteiger partial charge in [0.15, 0.2) is 0 Å². The molecule has 2 amide bonds. The Labute approximate surface area is 198 Å². The highest BCUT2D eigenvalue weighted by molar-refractivity contribution is 5.96. The van der Waals surface area contributed by atoms with Gasteiger partial charge in [0.25, 0.3) is 11.6 Å². The van der Waals surface area contributed by atoms with Gasteiger partial charge in [-0.3, -0.25) is 24.6 Å². The van der Waals surface area contributed by atoms with Crippen LogP contribution in [0.3, 0.4) is 0 Å². The molecule has 2 aromatic rings. The van der Waals surface area contributed by atoms with Crippen LogP contribution in [0.5, 0.6) is 0 Å². The molecule has 0 aromatic heterocycles. The molecule has 10 nitrogen and oxygen atoms in total. The Morgan fingerprint density at radius 1 is 0.971 bits per heavy atom. The number of hydrogen-bond acceptors (Lipinski definition) is 7. The van der Waals surface area contributed by atoms with Crippen LogP contribution in [-0.4, -0.2) is 85.6 Å². The number of hydrogen-bond donors (Lipinski definition) is 1. The number of nitro groups is 1. The predicted molar refractivity (Wildman–Crippen MR) is 127 cm³/mol. The highest BCUT2D eigenvalue weighted by Crippen LogP contribution is 2.30. The molecular formula is C24H29N5O5. The van der Waals surface area contributed by atoms with Crippen molar-refractivity contribution in [1.82, 2.24) is 15.1 Å². The van der Waals surface area contributed by atoms with Crippen molar-refractivity contribution in [1.29, 1.82) is 0 Å². The molecule has 2 fully saturated rings. The van der Waals surface area contributed by atoms with Gasteiger partial charge in [0.1, 0.15) is 5.69 Å². The molecule has 2 aromatic carbocycles. The summed E-state index contributed by atoms with van der Waals surface area (Å²) in [5, 5.41) is 14.6. The number of nitro benzene ring substituents is 1. The Kier molecular flexibility index (Phi) is 7.71. The summed E-state index contributed by atoms with van der Waals surface area (Å²) in [5.74, 6) is -0.289. The first kappa shape index (κ1) is 23.7. The number of carbonyl (C=O) groups is 2. The summed E-state index contributed by atoms with van der Waals surface area (Å²) in [6.45, 7) is 5.01. The van der Waals surface area contributed by atoms with Crippen LogP contribution in [0.25, 0.3) is 0 Å². The van der Waals surface area contributed by atoms with Gasteiger partial charge in [-0.1, -0.05) is 30.3 Å². The first-order valence-electron chi connectivity index (χ1n) is 11.4. The molecule has 2 aliphatic heterocycles. The second-order valence-electron chi connectivity index (χ2n) is 8.39. The molecule has 2 heterocycles. The van der Waals surface area contributed by atoms with E-state index in [1.165, 1.54) is 6.07 Å². The minimum atomic E-state index is -0.437. The summed E-state index contributed by atoms with van der Waals surface area (Å²) in [4.78, 5) is 42.2. The average Bonchev–Trinajstić information content (AvgIpc) is 2.88. The molecular weight excluding hydrogens is 438 g/mol. The lowest BCUT2D eigenvalue weighted by Crippen LogP contribution is -2.51. The Hall–Kier alpha value is -3.50. The second kappa shape index (κ2) is 11.1. The predicted octanol–water partition coefficient (Wildman–Crippen LogP) is 1.51. The molecule has 0 bridgehead atoms. The summed E-state index contributed by atoms with van der Waals surface area (Å²) in [5.41, 5.74) is 1.79. The van der Waals surface area contributed by atoms with Crippen molar-refractivity contribution in [2.45, 2.75) is 6.54 Å². The first-order valence-corrected chi connectivity index (χ1v) is 11.4. The van der Waals surface area contributed by atoms with Crippen molar-refractivity contribution in [2.24, 2.45) is 0 Å². The van der Waals surface area contributed by atoms with Gasteiger partial charge in [-0.2, -0.15) is 0 Å². The molecule has 4 rings (SSSR count). The third kappa shape index (κ3) is 5.89. The maximum Gasteiger partial charge on any atom is 0.293 e. The molecule has 0 saturated carbocycles. The molecule has 2 saturated heterocycles. The topological polar surface area (TPSA) is 108 Å². The quantitative estimate of drug-likeness (QED) is 0.486. The summed E-state index contributed by atoms with van der Waals surface area (Å²) in [7, 11) is 0. The van der Waals surface area contributed by atoms with E-state index in [0.29, 0.717) is 70.3 Å². The molecule has 0 spiro atoms. The van der Waals surface area contributed by atoms with Crippen LogP contribution in [-0.2, 0) is 16.1 Å². The number of piperazine rings is 1. The van der Waals surface area contributed by atoms with E-state index in [-0.39, 0.29) is 24.0 Å². The van der Waals surface area contributed by atoms with Crippen molar-refractivity contribution >= 4 is 23.2 Å². The lowest BCUT2D eigenvalue weighted by Gasteiger charge is -2.34. The molecule has 10 heteroatoms. The van der Waals surface area contributed by atoms with Gasteiger partial charge in [-0.15, -0.1) is 0 Å². The van der Waals surface area contributed by atoms with Crippen LogP contribution >= 0.6 is 0 Å². The van der Waals surface area contributed by atoms with E-state index in [2.05, 4.69) is 5.32 Å². The van der Waals surface area contributed by atoms with E-state index < -0.39 is 4.92 Å². The van der Waals surface area contributed by atoms with Crippen molar-refractivity contribution in [3.8, 4) is 0 Å². The highest BCUT2D eigenvalue weighted by atomic mass is 16.6. The molecule has 34 heavy (non-hydrogen) atoms. The van der Waals surface area contributed by atoms with E-state index in [1.54, 1.807) is 17.0 Å². The van der Waals surface area contributed by atoms with E-state index >= 15 is 0 Å². The SMILES string of the molecule is O=C(CN1CCN(C(=O)c2ccc(N3CCOCC3)c([N+](=O)[O-])c2)CC1)NCc1ccccc1. The van der Waals surface area contributed by atoms with E-state index in [4.69, 9.17) is 4.74 Å². The lowest BCUT2D eigenvalue weighted by molar-refractivity contribution is -0.384.